The van der Waals surface area contributed by atoms with Gasteiger partial charge in [0.15, 0.2) is 5.78 Å². The van der Waals surface area contributed by atoms with Crippen molar-refractivity contribution in [2.75, 3.05) is 18.1 Å². The number of anilines is 1. The molecular weight excluding hydrogens is 242 g/mol. The van der Waals surface area contributed by atoms with Crippen molar-refractivity contribution >= 4 is 17.4 Å². The van der Waals surface area contributed by atoms with Gasteiger partial charge in [-0.05, 0) is 52.0 Å². The molecule has 0 saturated heterocycles. The summed E-state index contributed by atoms with van der Waals surface area (Å²) in [6.07, 6.45) is 0. The molecule has 0 heterocycles. The molecule has 0 fully saturated rings. The molecule has 0 aliphatic rings. The number of hydrogen-bond acceptors (Lipinski definition) is 4. The van der Waals surface area contributed by atoms with Crippen molar-refractivity contribution in [1.29, 1.82) is 0 Å². The van der Waals surface area contributed by atoms with Crippen LogP contribution in [0.25, 0.3) is 0 Å². The van der Waals surface area contributed by atoms with E-state index >= 15 is 0 Å². The van der Waals surface area contributed by atoms with Crippen LogP contribution in [0.1, 0.15) is 38.1 Å². The molecule has 19 heavy (non-hydrogen) atoms. The Balaban J connectivity index is 2.87. The van der Waals surface area contributed by atoms with Crippen molar-refractivity contribution in [2.24, 2.45) is 0 Å². The van der Waals surface area contributed by atoms with Crippen LogP contribution in [0.3, 0.4) is 0 Å². The maximum atomic E-state index is 11.6. The molecule has 0 aliphatic heterocycles. The maximum Gasteiger partial charge on any atom is 0.325 e. The van der Waals surface area contributed by atoms with Gasteiger partial charge in [-0.1, -0.05) is 0 Å². The van der Waals surface area contributed by atoms with E-state index in [0.717, 1.165) is 5.69 Å². The van der Waals surface area contributed by atoms with E-state index in [2.05, 4.69) is 0 Å². The van der Waals surface area contributed by atoms with E-state index in [0.29, 0.717) is 12.2 Å². The Morgan fingerprint density at radius 3 is 2.21 bits per heavy atom. The smallest absolute Gasteiger partial charge is 0.325 e. The van der Waals surface area contributed by atoms with Gasteiger partial charge in [-0.15, -0.1) is 0 Å². The molecule has 104 valence electrons. The van der Waals surface area contributed by atoms with E-state index < -0.39 is 0 Å². The first kappa shape index (κ1) is 15.2. The number of Topliss-reactive ketones (excluding diaryl/α,β-unsaturated/α-hetero) is 1. The second-order valence-electron chi connectivity index (χ2n) is 4.63. The Morgan fingerprint density at radius 2 is 1.79 bits per heavy atom. The highest BCUT2D eigenvalue weighted by Gasteiger charge is 2.15. The normalized spacial score (nSPS) is 10.4. The minimum atomic E-state index is -0.244. The van der Waals surface area contributed by atoms with Crippen LogP contribution >= 0.6 is 0 Å². The summed E-state index contributed by atoms with van der Waals surface area (Å²) >= 11 is 0. The van der Waals surface area contributed by atoms with E-state index in [-0.39, 0.29) is 24.3 Å². The van der Waals surface area contributed by atoms with Crippen molar-refractivity contribution in [3.63, 3.8) is 0 Å². The van der Waals surface area contributed by atoms with Crippen molar-refractivity contribution in [3.8, 4) is 0 Å². The zero-order valence-electron chi connectivity index (χ0n) is 12.0. The number of ether oxygens (including phenoxy) is 1. The Hall–Kier alpha value is -1.84. The van der Waals surface area contributed by atoms with Gasteiger partial charge in [-0.2, -0.15) is 0 Å². The largest absolute Gasteiger partial charge is 0.465 e. The number of carbonyl (C=O) groups excluding carboxylic acids is 2. The van der Waals surface area contributed by atoms with Gasteiger partial charge in [0.1, 0.15) is 6.54 Å². The molecule has 0 spiro atoms. The molecule has 0 radical (unpaired) electrons. The zero-order valence-corrected chi connectivity index (χ0v) is 12.0. The van der Waals surface area contributed by atoms with E-state index in [1.807, 2.05) is 30.9 Å². The molecule has 1 aromatic carbocycles. The summed E-state index contributed by atoms with van der Waals surface area (Å²) in [7, 11) is 0. The molecule has 0 aliphatic carbocycles. The average Bonchev–Trinajstić information content (AvgIpc) is 2.36. The summed E-state index contributed by atoms with van der Waals surface area (Å²) in [5.41, 5.74) is 1.58. The number of hydrogen-bond donors (Lipinski definition) is 0. The van der Waals surface area contributed by atoms with Gasteiger partial charge in [0, 0.05) is 17.3 Å². The second kappa shape index (κ2) is 6.92. The number of carbonyl (C=O) groups is 2. The van der Waals surface area contributed by atoms with Crippen LogP contribution in [-0.4, -0.2) is 30.9 Å². The van der Waals surface area contributed by atoms with Crippen molar-refractivity contribution in [1.82, 2.24) is 0 Å². The van der Waals surface area contributed by atoms with Crippen LogP contribution < -0.4 is 4.90 Å². The first-order valence-electron chi connectivity index (χ1n) is 6.49. The van der Waals surface area contributed by atoms with Crippen LogP contribution in [0.15, 0.2) is 24.3 Å². The van der Waals surface area contributed by atoms with E-state index in [1.165, 1.54) is 6.92 Å². The molecule has 0 saturated carbocycles. The quantitative estimate of drug-likeness (QED) is 0.585. The van der Waals surface area contributed by atoms with Crippen LogP contribution in [0.4, 0.5) is 5.69 Å². The monoisotopic (exact) mass is 263 g/mol. The molecule has 0 unspecified atom stereocenters. The highest BCUT2D eigenvalue weighted by atomic mass is 16.5. The molecular formula is C15H21NO3. The Morgan fingerprint density at radius 1 is 1.21 bits per heavy atom. The number of benzene rings is 1. The Bertz CT molecular complexity index is 437. The standard InChI is InChI=1S/C15H21NO3/c1-5-19-15(18)10-16(11(2)3)14-8-6-13(7-9-14)12(4)17/h6-9,11H,5,10H2,1-4H3. The topological polar surface area (TPSA) is 46.6 Å². The fraction of sp³-hybridized carbons (Fsp3) is 0.467. The highest BCUT2D eigenvalue weighted by molar-refractivity contribution is 5.94. The van der Waals surface area contributed by atoms with E-state index in [1.54, 1.807) is 19.1 Å². The molecule has 0 amide bonds. The summed E-state index contributed by atoms with van der Waals surface area (Å²) < 4.78 is 4.97. The van der Waals surface area contributed by atoms with Crippen molar-refractivity contribution in [2.45, 2.75) is 33.7 Å². The first-order valence-corrected chi connectivity index (χ1v) is 6.49. The fourth-order valence-electron chi connectivity index (χ4n) is 1.81. The minimum Gasteiger partial charge on any atom is -0.465 e. The van der Waals surface area contributed by atoms with Crippen LogP contribution in [-0.2, 0) is 9.53 Å². The number of nitrogens with zero attached hydrogens (tertiary/aromatic N) is 1. The van der Waals surface area contributed by atoms with Gasteiger partial charge >= 0.3 is 5.97 Å². The van der Waals surface area contributed by atoms with Crippen LogP contribution in [0.2, 0.25) is 0 Å². The van der Waals surface area contributed by atoms with Crippen molar-refractivity contribution in [3.05, 3.63) is 29.8 Å². The van der Waals surface area contributed by atoms with E-state index in [4.69, 9.17) is 4.74 Å². The van der Waals surface area contributed by atoms with Crippen molar-refractivity contribution < 1.29 is 14.3 Å². The van der Waals surface area contributed by atoms with Crippen LogP contribution in [0.5, 0.6) is 0 Å². The summed E-state index contributed by atoms with van der Waals surface area (Å²) in [6, 6.07) is 7.44. The third kappa shape index (κ3) is 4.39. The average molecular weight is 263 g/mol. The molecule has 0 N–H and O–H groups in total. The van der Waals surface area contributed by atoms with E-state index in [9.17, 15) is 9.59 Å². The summed E-state index contributed by atoms with van der Waals surface area (Å²) in [4.78, 5) is 24.8. The first-order chi connectivity index (χ1) is 8.95. The SMILES string of the molecule is CCOC(=O)CN(c1ccc(C(C)=O)cc1)C(C)C. The summed E-state index contributed by atoms with van der Waals surface area (Å²) in [5, 5.41) is 0. The number of esters is 1. The third-order valence-electron chi connectivity index (χ3n) is 2.83. The molecule has 0 atom stereocenters. The lowest BCUT2D eigenvalue weighted by atomic mass is 10.1. The molecule has 1 aromatic rings. The lowest BCUT2D eigenvalue weighted by Crippen LogP contribution is -2.36. The third-order valence-corrected chi connectivity index (χ3v) is 2.83. The summed E-state index contributed by atoms with van der Waals surface area (Å²) in [5.74, 6) is -0.208. The summed E-state index contributed by atoms with van der Waals surface area (Å²) in [6.45, 7) is 7.95. The van der Waals surface area contributed by atoms with Gasteiger partial charge in [-0.25, -0.2) is 0 Å². The molecule has 0 bridgehead atoms. The highest BCUT2D eigenvalue weighted by Crippen LogP contribution is 2.18. The van der Waals surface area contributed by atoms with Gasteiger partial charge in [-0.3, -0.25) is 9.59 Å². The van der Waals surface area contributed by atoms with Crippen LogP contribution in [0, 0.1) is 0 Å². The fourth-order valence-corrected chi connectivity index (χ4v) is 1.81. The molecule has 4 nitrogen and oxygen atoms in total. The maximum absolute atomic E-state index is 11.6. The lowest BCUT2D eigenvalue weighted by Gasteiger charge is -2.28. The molecule has 0 aromatic heterocycles. The lowest BCUT2D eigenvalue weighted by molar-refractivity contribution is -0.141. The van der Waals surface area contributed by atoms with Gasteiger partial charge < -0.3 is 9.64 Å². The number of rotatable bonds is 6. The minimum absolute atomic E-state index is 0.0352. The Kier molecular flexibility index (Phi) is 5.55. The predicted molar refractivity (Wildman–Crippen MR) is 75.6 cm³/mol. The van der Waals surface area contributed by atoms with Gasteiger partial charge in [0.25, 0.3) is 0 Å². The van der Waals surface area contributed by atoms with Gasteiger partial charge in [0.05, 0.1) is 6.61 Å². The zero-order chi connectivity index (χ0) is 14.4. The Labute approximate surface area is 114 Å². The molecule has 4 heteroatoms. The number of ketones is 1. The predicted octanol–water partition coefficient (Wildman–Crippen LogP) is 2.67. The molecule has 1 rings (SSSR count). The van der Waals surface area contributed by atoms with Gasteiger partial charge in [0.2, 0.25) is 0 Å². The second-order valence-corrected chi connectivity index (χ2v) is 4.63.